The van der Waals surface area contributed by atoms with Gasteiger partial charge in [0, 0.05) is 44.5 Å². The third-order valence-electron chi connectivity index (χ3n) is 5.06. The minimum Gasteiger partial charge on any atom is -0.444 e. The first kappa shape index (κ1) is 23.4. The van der Waals surface area contributed by atoms with Crippen molar-refractivity contribution in [2.45, 2.75) is 52.2 Å². The van der Waals surface area contributed by atoms with Gasteiger partial charge in [-0.1, -0.05) is 0 Å². The van der Waals surface area contributed by atoms with Crippen molar-refractivity contribution < 1.29 is 18.7 Å². The van der Waals surface area contributed by atoms with Gasteiger partial charge >= 0.3 is 6.09 Å². The van der Waals surface area contributed by atoms with E-state index in [0.717, 1.165) is 0 Å². The summed E-state index contributed by atoms with van der Waals surface area (Å²) in [5.74, 6) is -1.67. The Morgan fingerprint density at radius 1 is 1.37 bits per heavy atom. The monoisotopic (exact) mass is 421 g/mol. The van der Waals surface area contributed by atoms with E-state index in [9.17, 15) is 14.0 Å². The molecule has 2 amide bonds. The van der Waals surface area contributed by atoms with E-state index in [2.05, 4.69) is 4.99 Å². The first-order valence-corrected chi connectivity index (χ1v) is 10.1. The van der Waals surface area contributed by atoms with Crippen molar-refractivity contribution >= 4 is 29.6 Å². The molecule has 30 heavy (non-hydrogen) atoms. The number of benzene rings is 1. The third-order valence-corrected chi connectivity index (χ3v) is 5.06. The zero-order chi connectivity index (χ0) is 22.6. The lowest BCUT2D eigenvalue weighted by molar-refractivity contribution is 0.0149. The fourth-order valence-electron chi connectivity index (χ4n) is 3.72. The average Bonchev–Trinajstić information content (AvgIpc) is 2.63. The molecule has 9 heteroatoms. The molecule has 0 radical (unpaired) electrons. The normalized spacial score (nSPS) is 15.5. The summed E-state index contributed by atoms with van der Waals surface area (Å²) in [6, 6.07) is 1.30. The second-order valence-corrected chi connectivity index (χ2v) is 8.32. The standard InChI is InChI=1S/C21H32FN5O3/c1-6-27(20(29)30-21(2,3)4)13-7-9-26(10-8-13)16-11-15(22)17(19(24)28)18(23)14(16)12-25-5/h11-13H,6-10,23H2,1-5H3,(H2,24,28). The summed E-state index contributed by atoms with van der Waals surface area (Å²) < 4.78 is 20.1. The fraction of sp³-hybridized carbons (Fsp3) is 0.571. The molecule has 2 rings (SSSR count). The van der Waals surface area contributed by atoms with E-state index < -0.39 is 17.3 Å². The van der Waals surface area contributed by atoms with Gasteiger partial charge in [-0.15, -0.1) is 0 Å². The van der Waals surface area contributed by atoms with Crippen molar-refractivity contribution in [2.24, 2.45) is 10.7 Å². The molecule has 8 nitrogen and oxygen atoms in total. The number of aliphatic imine (C=N–C) groups is 1. The Balaban J connectivity index is 2.24. The molecule has 0 unspecified atom stereocenters. The molecule has 1 heterocycles. The van der Waals surface area contributed by atoms with Crippen LogP contribution in [0.3, 0.4) is 0 Å². The zero-order valence-electron chi connectivity index (χ0n) is 18.4. The van der Waals surface area contributed by atoms with Crippen LogP contribution in [-0.4, -0.2) is 61.4 Å². The van der Waals surface area contributed by atoms with Gasteiger partial charge < -0.3 is 26.0 Å². The number of ether oxygens (including phenoxy) is 1. The molecule has 0 spiro atoms. The highest BCUT2D eigenvalue weighted by Gasteiger charge is 2.31. The lowest BCUT2D eigenvalue weighted by Gasteiger charge is -2.40. The average molecular weight is 422 g/mol. The molecule has 1 fully saturated rings. The highest BCUT2D eigenvalue weighted by atomic mass is 19.1. The number of carbonyl (C=O) groups excluding carboxylic acids is 2. The van der Waals surface area contributed by atoms with Gasteiger partial charge in [-0.3, -0.25) is 9.79 Å². The number of rotatable bonds is 5. The van der Waals surface area contributed by atoms with E-state index in [1.165, 1.54) is 12.3 Å². The molecule has 166 valence electrons. The number of hydrogen-bond donors (Lipinski definition) is 2. The van der Waals surface area contributed by atoms with Crippen molar-refractivity contribution in [2.75, 3.05) is 37.3 Å². The van der Waals surface area contributed by atoms with Crippen molar-refractivity contribution in [1.82, 2.24) is 4.90 Å². The van der Waals surface area contributed by atoms with Crippen LogP contribution in [0.1, 0.15) is 56.5 Å². The molecule has 1 aliphatic heterocycles. The van der Waals surface area contributed by atoms with Crippen LogP contribution in [-0.2, 0) is 4.74 Å². The predicted octanol–water partition coefficient (Wildman–Crippen LogP) is 2.78. The van der Waals surface area contributed by atoms with Crippen LogP contribution < -0.4 is 16.4 Å². The Kier molecular flexibility index (Phi) is 7.28. The molecule has 1 saturated heterocycles. The van der Waals surface area contributed by atoms with Gasteiger partial charge in [0.1, 0.15) is 11.4 Å². The topological polar surface area (TPSA) is 114 Å². The first-order valence-electron chi connectivity index (χ1n) is 10.1. The molecule has 0 saturated carbocycles. The number of primary amides is 1. The minimum absolute atomic E-state index is 0.0193. The van der Waals surface area contributed by atoms with E-state index in [1.54, 1.807) is 11.9 Å². The molecular formula is C21H32FN5O3. The van der Waals surface area contributed by atoms with Crippen LogP contribution in [0.4, 0.5) is 20.6 Å². The van der Waals surface area contributed by atoms with Crippen molar-refractivity contribution in [1.29, 1.82) is 0 Å². The highest BCUT2D eigenvalue weighted by molar-refractivity contribution is 6.06. The second kappa shape index (κ2) is 9.32. The quantitative estimate of drug-likeness (QED) is 0.560. The van der Waals surface area contributed by atoms with Gasteiger partial charge in [-0.05, 0) is 46.6 Å². The lowest BCUT2D eigenvalue weighted by atomic mass is 9.99. The number of halogens is 1. The molecule has 1 aliphatic rings. The maximum Gasteiger partial charge on any atom is 0.410 e. The summed E-state index contributed by atoms with van der Waals surface area (Å²) in [6.45, 7) is 9.16. The van der Waals surface area contributed by atoms with Crippen LogP contribution in [0, 0.1) is 5.82 Å². The molecule has 1 aromatic rings. The molecular weight excluding hydrogens is 389 g/mol. The minimum atomic E-state index is -0.919. The molecule has 1 aromatic carbocycles. The lowest BCUT2D eigenvalue weighted by Crippen LogP contribution is -2.49. The fourth-order valence-corrected chi connectivity index (χ4v) is 3.72. The van der Waals surface area contributed by atoms with Crippen LogP contribution in [0.25, 0.3) is 0 Å². The van der Waals surface area contributed by atoms with Crippen LogP contribution >= 0.6 is 0 Å². The molecule has 0 aromatic heterocycles. The number of nitrogens with two attached hydrogens (primary N) is 2. The molecule has 0 aliphatic carbocycles. The molecule has 0 bridgehead atoms. The zero-order valence-corrected chi connectivity index (χ0v) is 18.4. The number of nitrogens with zero attached hydrogens (tertiary/aromatic N) is 3. The van der Waals surface area contributed by atoms with Gasteiger partial charge in [0.25, 0.3) is 5.91 Å². The molecule has 4 N–H and O–H groups in total. The number of amides is 2. The molecule has 0 atom stereocenters. The van der Waals surface area contributed by atoms with Gasteiger partial charge in [-0.2, -0.15) is 0 Å². The van der Waals surface area contributed by atoms with E-state index >= 15 is 0 Å². The van der Waals surface area contributed by atoms with Crippen molar-refractivity contribution in [3.8, 4) is 0 Å². The number of piperidine rings is 1. The SMILES string of the molecule is CCN(C(=O)OC(C)(C)C)C1CCN(c2cc(F)c(C(N)=O)c(N)c2C=NC)CC1. The van der Waals surface area contributed by atoms with Crippen LogP contribution in [0.15, 0.2) is 11.1 Å². The smallest absolute Gasteiger partial charge is 0.410 e. The van der Waals surface area contributed by atoms with E-state index in [4.69, 9.17) is 16.2 Å². The Morgan fingerprint density at radius 2 is 1.97 bits per heavy atom. The third kappa shape index (κ3) is 5.20. The van der Waals surface area contributed by atoms with Gasteiger partial charge in [0.15, 0.2) is 0 Å². The Hall–Kier alpha value is -2.84. The number of hydrogen-bond acceptors (Lipinski definition) is 6. The number of nitrogen functional groups attached to an aromatic ring is 1. The van der Waals surface area contributed by atoms with E-state index in [-0.39, 0.29) is 23.4 Å². The van der Waals surface area contributed by atoms with Gasteiger partial charge in [-0.25, -0.2) is 9.18 Å². The summed E-state index contributed by atoms with van der Waals surface area (Å²) in [7, 11) is 1.57. The highest BCUT2D eigenvalue weighted by Crippen LogP contribution is 2.32. The van der Waals surface area contributed by atoms with Crippen LogP contribution in [0.2, 0.25) is 0 Å². The largest absolute Gasteiger partial charge is 0.444 e. The van der Waals surface area contributed by atoms with Crippen LogP contribution in [0.5, 0.6) is 0 Å². The van der Waals surface area contributed by atoms with Gasteiger partial charge in [0.05, 0.1) is 16.9 Å². The van der Waals surface area contributed by atoms with E-state index in [0.29, 0.717) is 43.7 Å². The maximum absolute atomic E-state index is 14.5. The van der Waals surface area contributed by atoms with Gasteiger partial charge in [0.2, 0.25) is 0 Å². The number of anilines is 2. The first-order chi connectivity index (χ1) is 14.0. The summed E-state index contributed by atoms with van der Waals surface area (Å²) in [5, 5.41) is 0. The van der Waals surface area contributed by atoms with Crippen molar-refractivity contribution in [3.63, 3.8) is 0 Å². The Bertz CT molecular complexity index is 827. The summed E-state index contributed by atoms with van der Waals surface area (Å²) in [4.78, 5) is 31.8. The summed E-state index contributed by atoms with van der Waals surface area (Å²) >= 11 is 0. The summed E-state index contributed by atoms with van der Waals surface area (Å²) in [5.41, 5.74) is 11.4. The van der Waals surface area contributed by atoms with E-state index in [1.807, 2.05) is 32.6 Å². The maximum atomic E-state index is 14.5. The Morgan fingerprint density at radius 3 is 2.43 bits per heavy atom. The Labute approximate surface area is 177 Å². The number of carbonyl (C=O) groups is 2. The predicted molar refractivity (Wildman–Crippen MR) is 117 cm³/mol. The van der Waals surface area contributed by atoms with Crippen molar-refractivity contribution in [3.05, 3.63) is 23.0 Å². The second-order valence-electron chi connectivity index (χ2n) is 8.32. The summed E-state index contributed by atoms with van der Waals surface area (Å²) in [6.07, 6.45) is 2.55.